The van der Waals surface area contributed by atoms with Gasteiger partial charge >= 0.3 is 0 Å². The fourth-order valence-electron chi connectivity index (χ4n) is 0.838. The molecule has 5 nitrogen and oxygen atoms in total. The molecule has 0 aliphatic carbocycles. The summed E-state index contributed by atoms with van der Waals surface area (Å²) >= 11 is 0. The van der Waals surface area contributed by atoms with E-state index >= 15 is 0 Å². The standard InChI is InChI=1S/C8H10N2O3/c1-12-6-3-7(9-5-11)10-8(4-6)13-2/h3-5H,1-2H3,(H,9,10,11). The molecule has 0 radical (unpaired) electrons. The van der Waals surface area contributed by atoms with Gasteiger partial charge in [0.15, 0.2) is 0 Å². The SMILES string of the molecule is COc1cc(NC=O)nc(OC)c1. The van der Waals surface area contributed by atoms with Crippen LogP contribution in [0.25, 0.3) is 0 Å². The molecule has 0 aliphatic rings. The highest BCUT2D eigenvalue weighted by atomic mass is 16.5. The predicted molar refractivity (Wildman–Crippen MR) is 47.0 cm³/mol. The third kappa shape index (κ3) is 2.33. The molecule has 0 unspecified atom stereocenters. The molecule has 0 atom stereocenters. The third-order valence-electron chi connectivity index (χ3n) is 1.43. The first-order valence-corrected chi connectivity index (χ1v) is 3.60. The molecule has 70 valence electrons. The predicted octanol–water partition coefficient (Wildman–Crippen LogP) is 0.667. The van der Waals surface area contributed by atoms with Crippen molar-refractivity contribution in [3.05, 3.63) is 12.1 Å². The van der Waals surface area contributed by atoms with Gasteiger partial charge in [0.2, 0.25) is 12.3 Å². The summed E-state index contributed by atoms with van der Waals surface area (Å²) in [4.78, 5) is 14.1. The van der Waals surface area contributed by atoms with Gasteiger partial charge in [0.1, 0.15) is 11.6 Å². The normalized spacial score (nSPS) is 9.08. The zero-order chi connectivity index (χ0) is 9.68. The van der Waals surface area contributed by atoms with Crippen molar-refractivity contribution in [1.29, 1.82) is 0 Å². The van der Waals surface area contributed by atoms with Crippen LogP contribution in [0.3, 0.4) is 0 Å². The molecule has 0 spiro atoms. The zero-order valence-electron chi connectivity index (χ0n) is 7.40. The van der Waals surface area contributed by atoms with Gasteiger partial charge in [0.25, 0.3) is 0 Å². The molecule has 0 bridgehead atoms. The minimum absolute atomic E-state index is 0.392. The number of ether oxygens (including phenoxy) is 2. The van der Waals surface area contributed by atoms with E-state index in [1.165, 1.54) is 14.2 Å². The Balaban J connectivity index is 2.99. The summed E-state index contributed by atoms with van der Waals surface area (Å²) in [5.41, 5.74) is 0. The zero-order valence-corrected chi connectivity index (χ0v) is 7.40. The Morgan fingerprint density at radius 3 is 2.69 bits per heavy atom. The van der Waals surface area contributed by atoms with Gasteiger partial charge < -0.3 is 14.8 Å². The number of anilines is 1. The molecule has 1 aromatic rings. The van der Waals surface area contributed by atoms with Gasteiger partial charge in [-0.15, -0.1) is 0 Å². The average molecular weight is 182 g/mol. The first-order chi connectivity index (χ1) is 6.30. The van der Waals surface area contributed by atoms with Crippen molar-refractivity contribution < 1.29 is 14.3 Å². The van der Waals surface area contributed by atoms with Gasteiger partial charge in [-0.25, -0.2) is 0 Å². The minimum atomic E-state index is 0.392. The number of hydrogen-bond donors (Lipinski definition) is 1. The monoisotopic (exact) mass is 182 g/mol. The van der Waals surface area contributed by atoms with Crippen LogP contribution in [-0.2, 0) is 4.79 Å². The van der Waals surface area contributed by atoms with Crippen molar-refractivity contribution in [2.24, 2.45) is 0 Å². The second-order valence-electron chi connectivity index (χ2n) is 2.20. The maximum Gasteiger partial charge on any atom is 0.218 e. The molecule has 5 heteroatoms. The van der Waals surface area contributed by atoms with Crippen molar-refractivity contribution in [2.45, 2.75) is 0 Å². The number of pyridine rings is 1. The molecule has 1 heterocycles. The first kappa shape index (κ1) is 9.31. The molecular weight excluding hydrogens is 172 g/mol. The lowest BCUT2D eigenvalue weighted by atomic mass is 10.4. The molecule has 0 fully saturated rings. The Labute approximate surface area is 75.7 Å². The molecule has 1 amide bonds. The molecule has 1 aromatic heterocycles. The molecule has 13 heavy (non-hydrogen) atoms. The lowest BCUT2D eigenvalue weighted by Gasteiger charge is -2.05. The van der Waals surface area contributed by atoms with Crippen molar-refractivity contribution in [3.8, 4) is 11.6 Å². The van der Waals surface area contributed by atoms with Crippen molar-refractivity contribution >= 4 is 12.2 Å². The lowest BCUT2D eigenvalue weighted by Crippen LogP contribution is -1.99. The van der Waals surface area contributed by atoms with Gasteiger partial charge in [0, 0.05) is 12.1 Å². The quantitative estimate of drug-likeness (QED) is 0.695. The van der Waals surface area contributed by atoms with E-state index in [2.05, 4.69) is 10.3 Å². The molecule has 0 aromatic carbocycles. The number of hydrogen-bond acceptors (Lipinski definition) is 4. The van der Waals surface area contributed by atoms with Crippen LogP contribution >= 0.6 is 0 Å². The highest BCUT2D eigenvalue weighted by Gasteiger charge is 2.01. The van der Waals surface area contributed by atoms with Gasteiger partial charge in [0.05, 0.1) is 14.2 Å². The number of nitrogens with one attached hydrogen (secondary N) is 1. The van der Waals surface area contributed by atoms with Crippen LogP contribution in [0.5, 0.6) is 11.6 Å². The number of rotatable bonds is 4. The summed E-state index contributed by atoms with van der Waals surface area (Å²) in [6, 6.07) is 3.22. The van der Waals surface area contributed by atoms with Crippen molar-refractivity contribution in [3.63, 3.8) is 0 Å². The van der Waals surface area contributed by atoms with Crippen LogP contribution in [0.2, 0.25) is 0 Å². The Bertz CT molecular complexity index is 279. The van der Waals surface area contributed by atoms with E-state index in [1.807, 2.05) is 0 Å². The summed E-state index contributed by atoms with van der Waals surface area (Å²) in [6.45, 7) is 0. The van der Waals surface area contributed by atoms with Gasteiger partial charge in [-0.3, -0.25) is 4.79 Å². The van der Waals surface area contributed by atoms with E-state index in [1.54, 1.807) is 12.1 Å². The average Bonchev–Trinajstić information content (AvgIpc) is 2.17. The molecule has 1 N–H and O–H groups in total. The fourth-order valence-corrected chi connectivity index (χ4v) is 0.838. The van der Waals surface area contributed by atoms with E-state index in [4.69, 9.17) is 9.47 Å². The molecule has 0 aliphatic heterocycles. The minimum Gasteiger partial charge on any atom is -0.496 e. The van der Waals surface area contributed by atoms with Gasteiger partial charge in [-0.1, -0.05) is 0 Å². The second-order valence-corrected chi connectivity index (χ2v) is 2.20. The lowest BCUT2D eigenvalue weighted by molar-refractivity contribution is -0.105. The van der Waals surface area contributed by atoms with E-state index < -0.39 is 0 Å². The summed E-state index contributed by atoms with van der Waals surface area (Å²) < 4.78 is 9.86. The highest BCUT2D eigenvalue weighted by Crippen LogP contribution is 2.20. The molecule has 1 rings (SSSR count). The van der Waals surface area contributed by atoms with E-state index in [-0.39, 0.29) is 0 Å². The molecular formula is C8H10N2O3. The Kier molecular flexibility index (Phi) is 3.08. The summed E-state index contributed by atoms with van der Waals surface area (Å²) in [5, 5.41) is 2.41. The number of aromatic nitrogens is 1. The number of carbonyl (C=O) groups excluding carboxylic acids is 1. The van der Waals surface area contributed by atoms with Crippen LogP contribution in [0.1, 0.15) is 0 Å². The van der Waals surface area contributed by atoms with Crippen LogP contribution in [0, 0.1) is 0 Å². The van der Waals surface area contributed by atoms with Gasteiger partial charge in [-0.2, -0.15) is 4.98 Å². The number of nitrogens with zero attached hydrogens (tertiary/aromatic N) is 1. The van der Waals surface area contributed by atoms with Gasteiger partial charge in [-0.05, 0) is 0 Å². The van der Waals surface area contributed by atoms with Crippen LogP contribution in [0.4, 0.5) is 5.82 Å². The largest absolute Gasteiger partial charge is 0.496 e. The summed E-state index contributed by atoms with van der Waals surface area (Å²) in [7, 11) is 3.02. The maximum atomic E-state index is 10.1. The number of methoxy groups -OCH3 is 2. The summed E-state index contributed by atoms with van der Waals surface area (Å²) in [6.07, 6.45) is 0.543. The molecule has 0 saturated heterocycles. The van der Waals surface area contributed by atoms with E-state index in [0.29, 0.717) is 23.9 Å². The third-order valence-corrected chi connectivity index (χ3v) is 1.43. The molecule has 0 saturated carbocycles. The summed E-state index contributed by atoms with van der Waals surface area (Å²) in [5.74, 6) is 1.37. The highest BCUT2D eigenvalue weighted by molar-refractivity contribution is 5.69. The Morgan fingerprint density at radius 1 is 1.38 bits per heavy atom. The van der Waals surface area contributed by atoms with Crippen LogP contribution in [-0.4, -0.2) is 25.6 Å². The fraction of sp³-hybridized carbons (Fsp3) is 0.250. The number of carbonyl (C=O) groups is 1. The Morgan fingerprint density at radius 2 is 2.15 bits per heavy atom. The topological polar surface area (TPSA) is 60.5 Å². The van der Waals surface area contributed by atoms with Crippen LogP contribution in [0.15, 0.2) is 12.1 Å². The van der Waals surface area contributed by atoms with Crippen molar-refractivity contribution in [2.75, 3.05) is 19.5 Å². The maximum absolute atomic E-state index is 10.1. The van der Waals surface area contributed by atoms with Crippen molar-refractivity contribution in [1.82, 2.24) is 4.98 Å². The first-order valence-electron chi connectivity index (χ1n) is 3.60. The van der Waals surface area contributed by atoms with E-state index in [9.17, 15) is 4.79 Å². The number of amides is 1. The van der Waals surface area contributed by atoms with E-state index in [0.717, 1.165) is 0 Å². The second kappa shape index (κ2) is 4.30. The Hall–Kier alpha value is -1.78. The smallest absolute Gasteiger partial charge is 0.218 e. The van der Waals surface area contributed by atoms with Crippen LogP contribution < -0.4 is 14.8 Å².